The SMILES string of the molecule is CC(Nc1cnnc(Nc2ccc(Cl)c(Cl)c2)n1)c1ccccc1. The first kappa shape index (κ1) is 16.5. The molecule has 0 saturated heterocycles. The summed E-state index contributed by atoms with van der Waals surface area (Å²) in [5.41, 5.74) is 1.90. The molecular formula is C17H15Cl2N5. The average Bonchev–Trinajstić information content (AvgIpc) is 2.59. The van der Waals surface area contributed by atoms with Crippen molar-refractivity contribution in [3.63, 3.8) is 0 Å². The van der Waals surface area contributed by atoms with Gasteiger partial charge in [0.2, 0.25) is 5.95 Å². The van der Waals surface area contributed by atoms with Gasteiger partial charge in [-0.15, -0.1) is 5.10 Å². The third-order valence-electron chi connectivity index (χ3n) is 3.40. The molecule has 0 aliphatic carbocycles. The smallest absolute Gasteiger partial charge is 0.249 e. The number of anilines is 3. The van der Waals surface area contributed by atoms with E-state index in [2.05, 4.69) is 44.9 Å². The van der Waals surface area contributed by atoms with Crippen molar-refractivity contribution in [1.82, 2.24) is 15.2 Å². The lowest BCUT2D eigenvalue weighted by molar-refractivity contribution is 0.861. The summed E-state index contributed by atoms with van der Waals surface area (Å²) in [5, 5.41) is 15.3. The Labute approximate surface area is 150 Å². The summed E-state index contributed by atoms with van der Waals surface area (Å²) in [7, 11) is 0. The molecule has 1 unspecified atom stereocenters. The highest BCUT2D eigenvalue weighted by molar-refractivity contribution is 6.42. The molecule has 7 heteroatoms. The van der Waals surface area contributed by atoms with Gasteiger partial charge in [0, 0.05) is 11.7 Å². The van der Waals surface area contributed by atoms with Gasteiger partial charge in [-0.2, -0.15) is 10.1 Å². The van der Waals surface area contributed by atoms with Gasteiger partial charge < -0.3 is 10.6 Å². The van der Waals surface area contributed by atoms with Crippen LogP contribution in [0.3, 0.4) is 0 Å². The summed E-state index contributed by atoms with van der Waals surface area (Å²) < 4.78 is 0. The summed E-state index contributed by atoms with van der Waals surface area (Å²) in [4.78, 5) is 4.41. The molecule has 2 N–H and O–H groups in total. The van der Waals surface area contributed by atoms with E-state index in [1.54, 1.807) is 24.4 Å². The molecule has 5 nitrogen and oxygen atoms in total. The van der Waals surface area contributed by atoms with Gasteiger partial charge in [-0.25, -0.2) is 0 Å². The molecule has 0 radical (unpaired) electrons. The van der Waals surface area contributed by atoms with Crippen molar-refractivity contribution in [3.05, 3.63) is 70.3 Å². The van der Waals surface area contributed by atoms with Crippen LogP contribution in [-0.2, 0) is 0 Å². The molecule has 2 aromatic carbocycles. The quantitative estimate of drug-likeness (QED) is 0.663. The predicted octanol–water partition coefficient (Wildman–Crippen LogP) is 5.10. The van der Waals surface area contributed by atoms with Crippen LogP contribution in [0, 0.1) is 0 Å². The maximum absolute atomic E-state index is 6.01. The molecule has 0 amide bonds. The van der Waals surface area contributed by atoms with Crippen LogP contribution in [0.4, 0.5) is 17.5 Å². The van der Waals surface area contributed by atoms with Crippen LogP contribution in [0.25, 0.3) is 0 Å². The summed E-state index contributed by atoms with van der Waals surface area (Å²) >= 11 is 11.9. The van der Waals surface area contributed by atoms with Crippen molar-refractivity contribution in [2.75, 3.05) is 10.6 Å². The Kier molecular flexibility index (Phi) is 5.13. The Balaban J connectivity index is 1.73. The third kappa shape index (κ3) is 4.13. The van der Waals surface area contributed by atoms with Gasteiger partial charge in [0.05, 0.1) is 16.2 Å². The number of rotatable bonds is 5. The topological polar surface area (TPSA) is 62.7 Å². The normalized spacial score (nSPS) is 11.8. The monoisotopic (exact) mass is 359 g/mol. The number of nitrogens with one attached hydrogen (secondary N) is 2. The highest BCUT2D eigenvalue weighted by Crippen LogP contribution is 2.26. The van der Waals surface area contributed by atoms with E-state index < -0.39 is 0 Å². The minimum Gasteiger partial charge on any atom is -0.362 e. The van der Waals surface area contributed by atoms with Crippen molar-refractivity contribution in [1.29, 1.82) is 0 Å². The number of hydrogen-bond acceptors (Lipinski definition) is 5. The lowest BCUT2D eigenvalue weighted by Gasteiger charge is -2.15. The van der Waals surface area contributed by atoms with Crippen LogP contribution in [0.15, 0.2) is 54.7 Å². The van der Waals surface area contributed by atoms with Gasteiger partial charge in [0.15, 0.2) is 5.82 Å². The number of aromatic nitrogens is 3. The zero-order valence-electron chi connectivity index (χ0n) is 12.9. The van der Waals surface area contributed by atoms with E-state index in [9.17, 15) is 0 Å². The van der Waals surface area contributed by atoms with Gasteiger partial charge in [-0.3, -0.25) is 0 Å². The maximum atomic E-state index is 6.01. The van der Waals surface area contributed by atoms with Crippen molar-refractivity contribution in [2.45, 2.75) is 13.0 Å². The fraction of sp³-hybridized carbons (Fsp3) is 0.118. The van der Waals surface area contributed by atoms with Gasteiger partial charge in [0.25, 0.3) is 0 Å². The Hall–Kier alpha value is -2.37. The number of halogens is 2. The third-order valence-corrected chi connectivity index (χ3v) is 4.14. The second-order valence-electron chi connectivity index (χ2n) is 5.20. The average molecular weight is 360 g/mol. The van der Waals surface area contributed by atoms with Crippen LogP contribution < -0.4 is 10.6 Å². The Morgan fingerprint density at radius 2 is 1.79 bits per heavy atom. The first-order valence-electron chi connectivity index (χ1n) is 7.35. The number of benzene rings is 2. The van der Waals surface area contributed by atoms with Gasteiger partial charge in [-0.05, 0) is 30.7 Å². The molecule has 122 valence electrons. The minimum atomic E-state index is 0.0979. The largest absolute Gasteiger partial charge is 0.362 e. The highest BCUT2D eigenvalue weighted by Gasteiger charge is 2.08. The molecular weight excluding hydrogens is 345 g/mol. The van der Waals surface area contributed by atoms with E-state index >= 15 is 0 Å². The molecule has 0 saturated carbocycles. The first-order chi connectivity index (χ1) is 11.6. The van der Waals surface area contributed by atoms with Gasteiger partial charge >= 0.3 is 0 Å². The second-order valence-corrected chi connectivity index (χ2v) is 6.01. The van der Waals surface area contributed by atoms with E-state index in [1.807, 2.05) is 18.2 Å². The standard InChI is InChI=1S/C17H15Cl2N5/c1-11(12-5-3-2-4-6-12)21-16-10-20-24-17(23-16)22-13-7-8-14(18)15(19)9-13/h2-11H,1H3,(H2,21,22,23,24). The zero-order valence-corrected chi connectivity index (χ0v) is 14.4. The fourth-order valence-electron chi connectivity index (χ4n) is 2.18. The molecule has 1 atom stereocenters. The van der Waals surface area contributed by atoms with Crippen molar-refractivity contribution in [2.24, 2.45) is 0 Å². The molecule has 0 bridgehead atoms. The zero-order chi connectivity index (χ0) is 16.9. The lowest BCUT2D eigenvalue weighted by atomic mass is 10.1. The molecule has 3 rings (SSSR count). The van der Waals surface area contributed by atoms with Crippen LogP contribution in [0.2, 0.25) is 10.0 Å². The minimum absolute atomic E-state index is 0.0979. The molecule has 1 aromatic heterocycles. The first-order valence-corrected chi connectivity index (χ1v) is 8.11. The highest BCUT2D eigenvalue weighted by atomic mass is 35.5. The summed E-state index contributed by atoms with van der Waals surface area (Å²) in [6.07, 6.45) is 1.58. The summed E-state index contributed by atoms with van der Waals surface area (Å²) in [5.74, 6) is 1.00. The van der Waals surface area contributed by atoms with Crippen LogP contribution in [-0.4, -0.2) is 15.2 Å². The van der Waals surface area contributed by atoms with E-state index in [0.29, 0.717) is 21.8 Å². The van der Waals surface area contributed by atoms with Crippen LogP contribution >= 0.6 is 23.2 Å². The van der Waals surface area contributed by atoms with E-state index in [1.165, 1.54) is 0 Å². The second kappa shape index (κ2) is 7.47. The Bertz CT molecular complexity index is 826. The van der Waals surface area contributed by atoms with Gasteiger partial charge in [-0.1, -0.05) is 53.5 Å². The van der Waals surface area contributed by atoms with Crippen molar-refractivity contribution in [3.8, 4) is 0 Å². The van der Waals surface area contributed by atoms with E-state index in [0.717, 1.165) is 11.3 Å². The maximum Gasteiger partial charge on any atom is 0.249 e. The molecule has 24 heavy (non-hydrogen) atoms. The van der Waals surface area contributed by atoms with Crippen molar-refractivity contribution < 1.29 is 0 Å². The number of hydrogen-bond donors (Lipinski definition) is 2. The molecule has 0 spiro atoms. The molecule has 1 heterocycles. The van der Waals surface area contributed by atoms with E-state index in [4.69, 9.17) is 23.2 Å². The number of nitrogens with zero attached hydrogens (tertiary/aromatic N) is 3. The molecule has 0 fully saturated rings. The fourth-order valence-corrected chi connectivity index (χ4v) is 2.47. The molecule has 3 aromatic rings. The summed E-state index contributed by atoms with van der Waals surface area (Å²) in [6, 6.07) is 15.4. The predicted molar refractivity (Wildman–Crippen MR) is 98.1 cm³/mol. The Morgan fingerprint density at radius 3 is 2.54 bits per heavy atom. The molecule has 0 aliphatic rings. The molecule has 0 aliphatic heterocycles. The van der Waals surface area contributed by atoms with Gasteiger partial charge in [0.1, 0.15) is 0 Å². The summed E-state index contributed by atoms with van der Waals surface area (Å²) in [6.45, 7) is 2.06. The van der Waals surface area contributed by atoms with Crippen LogP contribution in [0.5, 0.6) is 0 Å². The van der Waals surface area contributed by atoms with Crippen molar-refractivity contribution >= 4 is 40.7 Å². The lowest BCUT2D eigenvalue weighted by Crippen LogP contribution is -2.09. The van der Waals surface area contributed by atoms with Crippen LogP contribution in [0.1, 0.15) is 18.5 Å². The Morgan fingerprint density at radius 1 is 1.00 bits per heavy atom. The van der Waals surface area contributed by atoms with E-state index in [-0.39, 0.29) is 6.04 Å².